The van der Waals surface area contributed by atoms with Gasteiger partial charge in [-0.3, -0.25) is 0 Å². The van der Waals surface area contributed by atoms with E-state index in [1.54, 1.807) is 11.1 Å². The molecule has 4 nitrogen and oxygen atoms in total. The molecule has 0 saturated heterocycles. The van der Waals surface area contributed by atoms with Crippen LogP contribution in [0.2, 0.25) is 0 Å². The summed E-state index contributed by atoms with van der Waals surface area (Å²) in [5, 5.41) is 2.70. The van der Waals surface area contributed by atoms with Crippen LogP contribution in [0.1, 0.15) is 11.1 Å². The number of hydrogen-bond donors (Lipinski definition) is 0. The highest BCUT2D eigenvalue weighted by Crippen LogP contribution is 3.09. The first-order valence-electron chi connectivity index (χ1n) is 18.4. The second-order valence-electron chi connectivity index (χ2n) is 15.6. The number of rotatable bonds is 6. The Kier molecular flexibility index (Phi) is 4.79. The molecule has 0 radical (unpaired) electrons. The molecule has 6 fully saturated rings. The highest BCUT2D eigenvalue weighted by Gasteiger charge is 3.09. The van der Waals surface area contributed by atoms with E-state index in [0.29, 0.717) is 22.5 Å². The monoisotopic (exact) mass is 652 g/mol. The molecule has 240 valence electrons. The van der Waals surface area contributed by atoms with Gasteiger partial charge in [0.15, 0.2) is 17.5 Å². The minimum atomic E-state index is 0.410. The second kappa shape index (κ2) is 9.07. The summed E-state index contributed by atoms with van der Waals surface area (Å²) in [5.41, 5.74) is 10.9. The number of hydrogen-bond acceptors (Lipinski definition) is 3. The van der Waals surface area contributed by atoms with E-state index in [0.717, 1.165) is 58.0 Å². The van der Waals surface area contributed by atoms with Crippen LogP contribution in [0.5, 0.6) is 0 Å². The van der Waals surface area contributed by atoms with Crippen molar-refractivity contribution in [3.05, 3.63) is 169 Å². The fraction of sp³-hybridized carbons (Fsp3) is 0.170. The van der Waals surface area contributed by atoms with Crippen LogP contribution in [0.15, 0.2) is 158 Å². The molecule has 0 aliphatic heterocycles. The lowest BCUT2D eigenvalue weighted by Gasteiger charge is -3.12. The molecule has 6 aliphatic rings. The van der Waals surface area contributed by atoms with Crippen LogP contribution in [-0.2, 0) is 10.8 Å². The van der Waals surface area contributed by atoms with Crippen molar-refractivity contribution in [1.29, 1.82) is 0 Å². The normalized spacial score (nSPS) is 29.7. The number of nitrogens with zero attached hydrogens (tertiary/aromatic N) is 4. The minimum Gasteiger partial charge on any atom is -0.309 e. The highest BCUT2D eigenvalue weighted by molar-refractivity contribution is 6.09. The zero-order valence-electron chi connectivity index (χ0n) is 27.8. The van der Waals surface area contributed by atoms with Crippen LogP contribution in [0, 0.1) is 35.5 Å². The molecule has 0 unspecified atom stereocenters. The Balaban J connectivity index is 0.837. The van der Waals surface area contributed by atoms with Crippen LogP contribution >= 0.6 is 0 Å². The lowest BCUT2D eigenvalue weighted by molar-refractivity contribution is -0.596. The molecule has 2 heterocycles. The molecule has 51 heavy (non-hydrogen) atoms. The Morgan fingerprint density at radius 3 is 1.37 bits per heavy atom. The quantitative estimate of drug-likeness (QED) is 0.180. The van der Waals surface area contributed by atoms with Crippen LogP contribution in [0.25, 0.3) is 61.7 Å². The molecule has 4 heteroatoms. The average Bonchev–Trinajstić information content (AvgIpc) is 3.55. The molecular weight excluding hydrogens is 621 g/mol. The Bertz CT molecular complexity index is 2620. The van der Waals surface area contributed by atoms with E-state index in [1.165, 1.54) is 27.5 Å². The molecular formula is C47H32N4. The maximum absolute atomic E-state index is 4.98. The largest absolute Gasteiger partial charge is 0.309 e. The summed E-state index contributed by atoms with van der Waals surface area (Å²) >= 11 is 0. The number of para-hydroxylation sites is 2. The predicted molar refractivity (Wildman–Crippen MR) is 201 cm³/mol. The number of benzene rings is 6. The topological polar surface area (TPSA) is 43.6 Å². The molecule has 14 rings (SSSR count). The lowest BCUT2D eigenvalue weighted by atomic mass is 8.91. The van der Waals surface area contributed by atoms with Gasteiger partial charge < -0.3 is 4.57 Å². The van der Waals surface area contributed by atoms with Gasteiger partial charge in [-0.05, 0) is 70.9 Å². The zero-order valence-corrected chi connectivity index (χ0v) is 27.8. The van der Waals surface area contributed by atoms with Crippen LogP contribution in [0.4, 0.5) is 0 Å². The summed E-state index contributed by atoms with van der Waals surface area (Å²) in [6, 6.07) is 57.1. The third-order valence-electron chi connectivity index (χ3n) is 14.2. The lowest BCUT2D eigenvalue weighted by Crippen LogP contribution is -3.12. The van der Waals surface area contributed by atoms with Crippen molar-refractivity contribution in [2.45, 2.75) is 10.8 Å². The van der Waals surface area contributed by atoms with Crippen molar-refractivity contribution in [3.63, 3.8) is 0 Å². The van der Waals surface area contributed by atoms with Crippen molar-refractivity contribution in [2.75, 3.05) is 0 Å². The van der Waals surface area contributed by atoms with Crippen LogP contribution < -0.4 is 0 Å². The Hall–Kier alpha value is -5.87. The van der Waals surface area contributed by atoms with E-state index < -0.39 is 0 Å². The van der Waals surface area contributed by atoms with Crippen molar-refractivity contribution >= 4 is 21.8 Å². The van der Waals surface area contributed by atoms with Crippen LogP contribution in [0.3, 0.4) is 0 Å². The van der Waals surface area contributed by atoms with Crippen molar-refractivity contribution in [3.8, 4) is 39.9 Å². The first-order chi connectivity index (χ1) is 25.3. The van der Waals surface area contributed by atoms with Crippen molar-refractivity contribution in [1.82, 2.24) is 19.5 Å². The summed E-state index contributed by atoms with van der Waals surface area (Å²) in [6.07, 6.45) is 0. The minimum absolute atomic E-state index is 0.410. The molecule has 8 aromatic rings. The van der Waals surface area contributed by atoms with E-state index in [2.05, 4.69) is 126 Å². The van der Waals surface area contributed by atoms with Gasteiger partial charge in [0.1, 0.15) is 0 Å². The SMILES string of the molecule is c1ccc(-c2nc(-c3ccccc3)nc(-c3ccc(C45C6C7C4C4C5C6C74c4ccc5c6ccccc6n(-c6ccccc6)c5c4)cc3)n2)cc1. The Morgan fingerprint density at radius 1 is 0.373 bits per heavy atom. The maximum atomic E-state index is 4.98. The Morgan fingerprint density at radius 2 is 0.804 bits per heavy atom. The molecule has 0 spiro atoms. The van der Waals surface area contributed by atoms with Gasteiger partial charge in [-0.2, -0.15) is 0 Å². The standard InChI is InChI=1S/C47H32N4/c1-4-12-27(13-5-1)43-48-44(28-14-6-2-7-15-28)50-45(49-43)29-20-22-30(23-21-29)46-37-40-38(46)42-39(46)41(37)47(40,42)31-24-25-34-33-18-10-11-19-35(33)51(36(34)26-31)32-16-8-3-9-17-32/h1-26,37-42H. The second-order valence-corrected chi connectivity index (χ2v) is 15.6. The summed E-state index contributed by atoms with van der Waals surface area (Å²) < 4.78 is 2.48. The number of fused-ring (bicyclic) bond motifs is 3. The summed E-state index contributed by atoms with van der Waals surface area (Å²) in [7, 11) is 0. The fourth-order valence-corrected chi connectivity index (χ4v) is 12.6. The molecule has 0 N–H and O–H groups in total. The van der Waals surface area contributed by atoms with Gasteiger partial charge in [-0.25, -0.2) is 15.0 Å². The van der Waals surface area contributed by atoms with Gasteiger partial charge in [-0.1, -0.05) is 133 Å². The molecule has 6 aliphatic carbocycles. The molecule has 0 bridgehead atoms. The molecule has 6 aromatic carbocycles. The summed E-state index contributed by atoms with van der Waals surface area (Å²) in [4.78, 5) is 14.8. The van der Waals surface area contributed by atoms with Gasteiger partial charge in [-0.15, -0.1) is 0 Å². The van der Waals surface area contributed by atoms with E-state index in [1.807, 2.05) is 36.4 Å². The fourth-order valence-electron chi connectivity index (χ4n) is 12.6. The molecule has 6 saturated carbocycles. The smallest absolute Gasteiger partial charge is 0.164 e. The third kappa shape index (κ3) is 2.91. The van der Waals surface area contributed by atoms with Gasteiger partial charge in [0.05, 0.1) is 11.0 Å². The maximum Gasteiger partial charge on any atom is 0.164 e. The first kappa shape index (κ1) is 26.9. The predicted octanol–water partition coefficient (Wildman–Crippen LogP) is 9.91. The summed E-state index contributed by atoms with van der Waals surface area (Å²) in [6.45, 7) is 0. The summed E-state index contributed by atoms with van der Waals surface area (Å²) in [5.74, 6) is 7.18. The first-order valence-corrected chi connectivity index (χ1v) is 18.4. The Labute approximate surface area is 295 Å². The van der Waals surface area contributed by atoms with E-state index >= 15 is 0 Å². The van der Waals surface area contributed by atoms with Gasteiger partial charge >= 0.3 is 0 Å². The van der Waals surface area contributed by atoms with Gasteiger partial charge in [0.25, 0.3) is 0 Å². The van der Waals surface area contributed by atoms with Crippen molar-refractivity contribution < 1.29 is 0 Å². The van der Waals surface area contributed by atoms with Gasteiger partial charge in [0, 0.05) is 44.0 Å². The van der Waals surface area contributed by atoms with Crippen molar-refractivity contribution in [2.24, 2.45) is 35.5 Å². The molecule has 2 aromatic heterocycles. The molecule has 0 amide bonds. The third-order valence-corrected chi connectivity index (χ3v) is 14.2. The van der Waals surface area contributed by atoms with E-state index in [4.69, 9.17) is 15.0 Å². The average molecular weight is 653 g/mol. The zero-order chi connectivity index (χ0) is 33.1. The molecule has 0 atom stereocenters. The van der Waals surface area contributed by atoms with E-state index in [9.17, 15) is 0 Å². The van der Waals surface area contributed by atoms with Crippen LogP contribution in [-0.4, -0.2) is 19.5 Å². The number of aromatic nitrogens is 4. The van der Waals surface area contributed by atoms with Gasteiger partial charge in [0.2, 0.25) is 0 Å². The van der Waals surface area contributed by atoms with E-state index in [-0.39, 0.29) is 0 Å². The highest BCUT2D eigenvalue weighted by atomic mass is 15.1.